The van der Waals surface area contributed by atoms with Crippen molar-refractivity contribution in [2.24, 2.45) is 0 Å². The van der Waals surface area contributed by atoms with Crippen LogP contribution in [-0.2, 0) is 26.1 Å². The standard InChI is InChI=1S/C21H18FN3O7S/c22-18-9-2-1-8-17(18)20(27)25-24-19(26)13-32-21(28)14-5-3-7-16(11-14)33(29,30)23-12-15-6-4-10-31-15/h1-11,23H,12-13H2,(H,24,26)(H,25,27). The summed E-state index contributed by atoms with van der Waals surface area (Å²) in [4.78, 5) is 35.7. The first-order chi connectivity index (χ1) is 15.8. The smallest absolute Gasteiger partial charge is 0.338 e. The average molecular weight is 475 g/mol. The van der Waals surface area contributed by atoms with E-state index in [2.05, 4.69) is 4.72 Å². The fourth-order valence-corrected chi connectivity index (χ4v) is 3.58. The molecule has 172 valence electrons. The monoisotopic (exact) mass is 475 g/mol. The van der Waals surface area contributed by atoms with Crippen LogP contribution in [-0.4, -0.2) is 32.8 Å². The molecule has 0 saturated heterocycles. The maximum atomic E-state index is 13.5. The first kappa shape index (κ1) is 23.6. The highest BCUT2D eigenvalue weighted by Crippen LogP contribution is 2.13. The predicted molar refractivity (Wildman–Crippen MR) is 111 cm³/mol. The summed E-state index contributed by atoms with van der Waals surface area (Å²) in [5.74, 6) is -3.12. The third-order valence-corrected chi connectivity index (χ3v) is 5.56. The third kappa shape index (κ3) is 6.48. The molecule has 3 rings (SSSR count). The van der Waals surface area contributed by atoms with E-state index in [-0.39, 0.29) is 22.6 Å². The number of amides is 2. The second-order valence-corrected chi connectivity index (χ2v) is 8.26. The van der Waals surface area contributed by atoms with Gasteiger partial charge in [0.15, 0.2) is 6.61 Å². The molecule has 1 heterocycles. The number of sulfonamides is 1. The van der Waals surface area contributed by atoms with E-state index in [1.807, 2.05) is 10.9 Å². The Balaban J connectivity index is 1.52. The molecule has 0 aliphatic heterocycles. The molecule has 10 nitrogen and oxygen atoms in total. The normalized spacial score (nSPS) is 10.9. The topological polar surface area (TPSA) is 144 Å². The molecule has 3 aromatic rings. The molecule has 0 atom stereocenters. The van der Waals surface area contributed by atoms with Gasteiger partial charge < -0.3 is 9.15 Å². The fraction of sp³-hybridized carbons (Fsp3) is 0.0952. The minimum atomic E-state index is -3.95. The van der Waals surface area contributed by atoms with E-state index in [1.165, 1.54) is 42.7 Å². The number of hydrogen-bond acceptors (Lipinski definition) is 7. The van der Waals surface area contributed by atoms with Crippen molar-refractivity contribution in [2.45, 2.75) is 11.4 Å². The Labute approximate surface area is 187 Å². The van der Waals surface area contributed by atoms with Crippen LogP contribution in [0.2, 0.25) is 0 Å². The van der Waals surface area contributed by atoms with Crippen LogP contribution in [0.4, 0.5) is 4.39 Å². The second-order valence-electron chi connectivity index (χ2n) is 6.49. The maximum Gasteiger partial charge on any atom is 0.338 e. The van der Waals surface area contributed by atoms with Gasteiger partial charge in [-0.1, -0.05) is 18.2 Å². The second kappa shape index (κ2) is 10.5. The minimum absolute atomic E-state index is 0.0806. The van der Waals surface area contributed by atoms with Crippen LogP contribution in [0.25, 0.3) is 0 Å². The summed E-state index contributed by atoms with van der Waals surface area (Å²) in [6.07, 6.45) is 1.40. The summed E-state index contributed by atoms with van der Waals surface area (Å²) in [6.45, 7) is -0.854. The van der Waals surface area contributed by atoms with Crippen molar-refractivity contribution in [2.75, 3.05) is 6.61 Å². The van der Waals surface area contributed by atoms with Gasteiger partial charge in [-0.15, -0.1) is 0 Å². The summed E-state index contributed by atoms with van der Waals surface area (Å²) in [7, 11) is -3.95. The Morgan fingerprint density at radius 3 is 2.48 bits per heavy atom. The molecule has 33 heavy (non-hydrogen) atoms. The average Bonchev–Trinajstić information content (AvgIpc) is 3.34. The predicted octanol–water partition coefficient (Wildman–Crippen LogP) is 1.52. The van der Waals surface area contributed by atoms with Gasteiger partial charge in [-0.25, -0.2) is 22.3 Å². The van der Waals surface area contributed by atoms with Crippen molar-refractivity contribution in [3.05, 3.63) is 89.6 Å². The van der Waals surface area contributed by atoms with E-state index in [0.29, 0.717) is 5.76 Å². The van der Waals surface area contributed by atoms with E-state index in [1.54, 1.807) is 12.1 Å². The van der Waals surface area contributed by atoms with E-state index in [4.69, 9.17) is 9.15 Å². The molecule has 2 amide bonds. The Morgan fingerprint density at radius 2 is 1.76 bits per heavy atom. The van der Waals surface area contributed by atoms with Crippen molar-refractivity contribution >= 4 is 27.8 Å². The number of benzene rings is 2. The number of ether oxygens (including phenoxy) is 1. The van der Waals surface area contributed by atoms with Crippen LogP contribution in [0.5, 0.6) is 0 Å². The van der Waals surface area contributed by atoms with Gasteiger partial charge >= 0.3 is 5.97 Å². The Morgan fingerprint density at radius 1 is 0.970 bits per heavy atom. The van der Waals surface area contributed by atoms with E-state index >= 15 is 0 Å². The molecule has 0 aliphatic carbocycles. The molecular formula is C21H18FN3O7S. The van der Waals surface area contributed by atoms with Crippen LogP contribution < -0.4 is 15.6 Å². The third-order valence-electron chi connectivity index (χ3n) is 4.16. The number of esters is 1. The van der Waals surface area contributed by atoms with Gasteiger partial charge in [0.05, 0.1) is 28.8 Å². The van der Waals surface area contributed by atoms with Gasteiger partial charge in [-0.3, -0.25) is 20.4 Å². The van der Waals surface area contributed by atoms with Crippen LogP contribution in [0.3, 0.4) is 0 Å². The molecule has 0 unspecified atom stereocenters. The van der Waals surface area contributed by atoms with Crippen LogP contribution >= 0.6 is 0 Å². The Bertz CT molecular complexity index is 1260. The van der Waals surface area contributed by atoms with Gasteiger partial charge in [0.1, 0.15) is 11.6 Å². The lowest BCUT2D eigenvalue weighted by Crippen LogP contribution is -2.43. The van der Waals surface area contributed by atoms with E-state index in [9.17, 15) is 27.2 Å². The molecule has 0 bridgehead atoms. The number of hydrogen-bond donors (Lipinski definition) is 3. The van der Waals surface area contributed by atoms with Crippen molar-refractivity contribution in [3.8, 4) is 0 Å². The molecule has 0 radical (unpaired) electrons. The van der Waals surface area contributed by atoms with Crippen molar-refractivity contribution < 1.29 is 36.3 Å². The van der Waals surface area contributed by atoms with E-state index < -0.39 is 40.2 Å². The lowest BCUT2D eigenvalue weighted by atomic mass is 10.2. The summed E-state index contributed by atoms with van der Waals surface area (Å²) in [6, 6.07) is 13.4. The molecule has 2 aromatic carbocycles. The van der Waals surface area contributed by atoms with Gasteiger partial charge in [0, 0.05) is 0 Å². The first-order valence-corrected chi connectivity index (χ1v) is 10.9. The highest BCUT2D eigenvalue weighted by Gasteiger charge is 2.18. The van der Waals surface area contributed by atoms with Crippen molar-refractivity contribution in [1.29, 1.82) is 0 Å². The number of carbonyl (C=O) groups is 3. The van der Waals surface area contributed by atoms with Crippen molar-refractivity contribution in [3.63, 3.8) is 0 Å². The first-order valence-electron chi connectivity index (χ1n) is 9.39. The minimum Gasteiger partial charge on any atom is -0.468 e. The van der Waals surface area contributed by atoms with Gasteiger partial charge in [0.25, 0.3) is 11.8 Å². The molecule has 0 fully saturated rings. The molecular weight excluding hydrogens is 457 g/mol. The van der Waals surface area contributed by atoms with Gasteiger partial charge in [-0.2, -0.15) is 0 Å². The highest BCUT2D eigenvalue weighted by molar-refractivity contribution is 7.89. The summed E-state index contributed by atoms with van der Waals surface area (Å²) < 4.78 is 50.6. The molecule has 0 aliphatic rings. The van der Waals surface area contributed by atoms with Gasteiger partial charge in [0.2, 0.25) is 10.0 Å². The zero-order valence-corrected chi connectivity index (χ0v) is 17.7. The van der Waals surface area contributed by atoms with Crippen molar-refractivity contribution in [1.82, 2.24) is 15.6 Å². The summed E-state index contributed by atoms with van der Waals surface area (Å²) in [5, 5.41) is 0. The number of carbonyl (C=O) groups excluding carboxylic acids is 3. The number of nitrogens with one attached hydrogen (secondary N) is 3. The Kier molecular flexibility index (Phi) is 7.53. The number of halogens is 1. The number of furan rings is 1. The molecule has 1 aromatic heterocycles. The van der Waals surface area contributed by atoms with E-state index in [0.717, 1.165) is 12.1 Å². The summed E-state index contributed by atoms with van der Waals surface area (Å²) >= 11 is 0. The zero-order chi connectivity index (χ0) is 23.8. The zero-order valence-electron chi connectivity index (χ0n) is 16.9. The fourth-order valence-electron chi connectivity index (χ4n) is 2.54. The summed E-state index contributed by atoms with van der Waals surface area (Å²) in [5.41, 5.74) is 3.58. The van der Waals surface area contributed by atoms with Crippen LogP contribution in [0.15, 0.2) is 76.2 Å². The molecule has 3 N–H and O–H groups in total. The molecule has 0 spiro atoms. The highest BCUT2D eigenvalue weighted by atomic mass is 32.2. The Hall–Kier alpha value is -4.03. The van der Waals surface area contributed by atoms with Crippen LogP contribution in [0, 0.1) is 5.82 Å². The maximum absolute atomic E-state index is 13.5. The number of rotatable bonds is 8. The van der Waals surface area contributed by atoms with Gasteiger partial charge in [-0.05, 0) is 42.5 Å². The molecule has 0 saturated carbocycles. The quantitative estimate of drug-likeness (QED) is 0.331. The lowest BCUT2D eigenvalue weighted by Gasteiger charge is -2.09. The SMILES string of the molecule is O=C(COC(=O)c1cccc(S(=O)(=O)NCc2ccco2)c1)NNC(=O)c1ccccc1F. The number of hydrazine groups is 1. The molecule has 12 heteroatoms. The lowest BCUT2D eigenvalue weighted by molar-refractivity contribution is -0.125. The van der Waals surface area contributed by atoms with Crippen LogP contribution in [0.1, 0.15) is 26.5 Å². The largest absolute Gasteiger partial charge is 0.468 e.